The molecule has 1 saturated heterocycles. The van der Waals surface area contributed by atoms with Crippen LogP contribution >= 0.6 is 11.3 Å². The second-order valence-electron chi connectivity index (χ2n) is 20.9. The standard InChI is InChI=1S/C59H77N11O9S/c1-41-53(80-40-65-41)44-21-19-42(20-22-44)35-63-57(74)50-34-47(71)38-70(50)58(75)54(59(2,3)4)66-52(72)18-8-11-26-77-29-31-78-30-28-76-25-9-6-7-10-27-79-48-17-12-14-43(32-48)36-62-56(73)45-15-13-16-46(33-45)61-37-51-67-68-55(69(51)5)49-23-24-60-39-64-49/h12-17,19-24,32-33,39-40,47,50,54,61,71H,6-11,18,25-31,34-38H2,1-5H3,(H,62,73)(H,63,74)(H,66,72)/t47-,50+,54-/m1/s1. The van der Waals surface area contributed by atoms with E-state index in [1.54, 1.807) is 29.7 Å². The number of carbonyl (C=O) groups is 4. The van der Waals surface area contributed by atoms with Crippen LogP contribution in [0.15, 0.2) is 96.9 Å². The third-order valence-electron chi connectivity index (χ3n) is 13.6. The topological polar surface area (TPSA) is 246 Å². The first-order chi connectivity index (χ1) is 38.7. The lowest BCUT2D eigenvalue weighted by molar-refractivity contribution is -0.144. The largest absolute Gasteiger partial charge is 0.494 e. The molecule has 20 nitrogen and oxygen atoms in total. The number of unbranched alkanes of at least 4 members (excludes halogenated alkanes) is 4. The van der Waals surface area contributed by atoms with Gasteiger partial charge in [-0.3, -0.25) is 19.2 Å². The number of thiazole rings is 1. The van der Waals surface area contributed by atoms with Crippen molar-refractivity contribution < 1.29 is 43.2 Å². The van der Waals surface area contributed by atoms with E-state index in [9.17, 15) is 24.3 Å². The van der Waals surface area contributed by atoms with E-state index in [2.05, 4.69) is 46.4 Å². The van der Waals surface area contributed by atoms with Gasteiger partial charge in [-0.1, -0.05) is 69.7 Å². The van der Waals surface area contributed by atoms with Crippen LogP contribution in [0.1, 0.15) is 105 Å². The molecule has 7 rings (SSSR count). The van der Waals surface area contributed by atoms with E-state index in [0.717, 1.165) is 70.2 Å². The van der Waals surface area contributed by atoms with Crippen LogP contribution in [0.5, 0.6) is 5.75 Å². The molecular weight excluding hydrogens is 1040 g/mol. The molecule has 0 radical (unpaired) electrons. The third-order valence-corrected chi connectivity index (χ3v) is 14.5. The van der Waals surface area contributed by atoms with E-state index in [1.807, 2.05) is 112 Å². The molecule has 0 unspecified atom stereocenters. The van der Waals surface area contributed by atoms with Gasteiger partial charge < -0.3 is 54.8 Å². The van der Waals surface area contributed by atoms with Crippen LogP contribution in [-0.4, -0.2) is 134 Å². The number of hydrogen-bond acceptors (Lipinski definition) is 16. The molecule has 428 valence electrons. The van der Waals surface area contributed by atoms with Crippen molar-refractivity contribution in [2.45, 2.75) is 117 Å². The van der Waals surface area contributed by atoms with Crippen molar-refractivity contribution in [1.29, 1.82) is 0 Å². The molecule has 3 atom stereocenters. The molecule has 21 heteroatoms. The molecule has 5 N–H and O–H groups in total. The van der Waals surface area contributed by atoms with Gasteiger partial charge in [-0.25, -0.2) is 15.0 Å². The fourth-order valence-electron chi connectivity index (χ4n) is 9.04. The predicted molar refractivity (Wildman–Crippen MR) is 305 cm³/mol. The summed E-state index contributed by atoms with van der Waals surface area (Å²) in [5.74, 6) is 0.956. The van der Waals surface area contributed by atoms with E-state index in [4.69, 9.17) is 18.9 Å². The zero-order valence-corrected chi connectivity index (χ0v) is 47.5. The van der Waals surface area contributed by atoms with Crippen LogP contribution < -0.4 is 26.0 Å². The zero-order chi connectivity index (χ0) is 56.7. The molecule has 1 aliphatic heterocycles. The minimum Gasteiger partial charge on any atom is -0.494 e. The number of nitrogens with zero attached hydrogens (tertiary/aromatic N) is 7. The predicted octanol–water partition coefficient (Wildman–Crippen LogP) is 7.21. The molecule has 80 heavy (non-hydrogen) atoms. The van der Waals surface area contributed by atoms with Crippen molar-refractivity contribution in [1.82, 2.24) is 50.6 Å². The van der Waals surface area contributed by atoms with Crippen LogP contribution in [0.2, 0.25) is 0 Å². The molecule has 3 aromatic carbocycles. The smallest absolute Gasteiger partial charge is 0.251 e. The Morgan fingerprint density at radius 3 is 2.20 bits per heavy atom. The Balaban J connectivity index is 0.668. The maximum absolute atomic E-state index is 14.0. The van der Waals surface area contributed by atoms with Crippen molar-refractivity contribution in [2.75, 3.05) is 58.1 Å². The number of aliphatic hydroxyl groups excluding tert-OH is 1. The van der Waals surface area contributed by atoms with Gasteiger partial charge in [0.15, 0.2) is 11.6 Å². The fourth-order valence-corrected chi connectivity index (χ4v) is 9.85. The number of benzene rings is 3. The Kier molecular flexibility index (Phi) is 23.4. The molecular formula is C59H77N11O9S. The SMILES string of the molecule is Cc1ncsc1-c1ccc(CNC(=O)[C@@H]2C[C@@H](O)CN2C(=O)[C@@H](NC(=O)CCCCOCCOCCOCCCCCCOc2cccc(CNC(=O)c3cccc(NCc4nnc(-c5ccncn5)n4C)c3)c2)C(C)(C)C)cc1. The summed E-state index contributed by atoms with van der Waals surface area (Å²) >= 11 is 1.58. The van der Waals surface area contributed by atoms with Gasteiger partial charge in [0, 0.05) is 70.2 Å². The van der Waals surface area contributed by atoms with Gasteiger partial charge in [0.2, 0.25) is 17.7 Å². The number of ether oxygens (including phenoxy) is 4. The van der Waals surface area contributed by atoms with Crippen molar-refractivity contribution in [3.8, 4) is 27.7 Å². The maximum Gasteiger partial charge on any atom is 0.251 e. The number of aryl methyl sites for hydroxylation is 1. The maximum atomic E-state index is 14.0. The number of hydrogen-bond donors (Lipinski definition) is 5. The van der Waals surface area contributed by atoms with E-state index < -0.39 is 23.6 Å². The monoisotopic (exact) mass is 1120 g/mol. The minimum absolute atomic E-state index is 0.0152. The molecule has 0 saturated carbocycles. The van der Waals surface area contributed by atoms with Crippen molar-refractivity contribution in [2.24, 2.45) is 12.5 Å². The van der Waals surface area contributed by atoms with Crippen LogP contribution in [-0.2, 0) is 55.3 Å². The Hall–Kier alpha value is -7.17. The van der Waals surface area contributed by atoms with Gasteiger partial charge in [-0.2, -0.15) is 0 Å². The lowest BCUT2D eigenvalue weighted by Crippen LogP contribution is -2.57. The van der Waals surface area contributed by atoms with Gasteiger partial charge in [0.1, 0.15) is 29.9 Å². The summed E-state index contributed by atoms with van der Waals surface area (Å²) in [6, 6.07) is 23.1. The Morgan fingerprint density at radius 2 is 1.49 bits per heavy atom. The number of aliphatic hydroxyl groups is 1. The summed E-state index contributed by atoms with van der Waals surface area (Å²) in [4.78, 5) is 68.7. The van der Waals surface area contributed by atoms with Crippen LogP contribution in [0, 0.1) is 12.3 Å². The van der Waals surface area contributed by atoms with Gasteiger partial charge in [0.25, 0.3) is 5.91 Å². The summed E-state index contributed by atoms with van der Waals surface area (Å²) in [5.41, 5.74) is 7.06. The number of nitrogens with one attached hydrogen (secondary N) is 4. The summed E-state index contributed by atoms with van der Waals surface area (Å²) in [6.07, 6.45) is 7.79. The number of rotatable bonds is 32. The first kappa shape index (κ1) is 60.5. The highest BCUT2D eigenvalue weighted by Crippen LogP contribution is 2.29. The molecule has 0 bridgehead atoms. The van der Waals surface area contributed by atoms with E-state index in [1.165, 1.54) is 11.2 Å². The van der Waals surface area contributed by atoms with Crippen molar-refractivity contribution >= 4 is 40.7 Å². The lowest BCUT2D eigenvalue weighted by Gasteiger charge is -2.35. The van der Waals surface area contributed by atoms with E-state index >= 15 is 0 Å². The summed E-state index contributed by atoms with van der Waals surface area (Å²) in [7, 11) is 1.88. The average molecular weight is 1120 g/mol. The fraction of sp³-hybridized carbons (Fsp3) is 0.475. The van der Waals surface area contributed by atoms with Crippen molar-refractivity contribution in [3.05, 3.63) is 125 Å². The Labute approximate surface area is 472 Å². The molecule has 0 spiro atoms. The van der Waals surface area contributed by atoms with Crippen LogP contribution in [0.3, 0.4) is 0 Å². The van der Waals surface area contributed by atoms with Gasteiger partial charge in [-0.05, 0) is 97.5 Å². The summed E-state index contributed by atoms with van der Waals surface area (Å²) in [6.45, 7) is 12.2. The molecule has 6 aromatic rings. The van der Waals surface area contributed by atoms with Crippen molar-refractivity contribution in [3.63, 3.8) is 0 Å². The van der Waals surface area contributed by atoms with E-state index in [-0.39, 0.29) is 49.6 Å². The number of likely N-dealkylation sites (tertiary alicyclic amines) is 1. The number of aromatic nitrogens is 6. The van der Waals surface area contributed by atoms with Gasteiger partial charge in [0.05, 0.1) is 61.8 Å². The lowest BCUT2D eigenvalue weighted by atomic mass is 9.85. The zero-order valence-electron chi connectivity index (χ0n) is 46.7. The first-order valence-electron chi connectivity index (χ1n) is 27.5. The highest BCUT2D eigenvalue weighted by atomic mass is 32.1. The quantitative estimate of drug-likeness (QED) is 0.0262. The Bertz CT molecular complexity index is 2900. The molecule has 1 aliphatic rings. The second-order valence-corrected chi connectivity index (χ2v) is 21.7. The summed E-state index contributed by atoms with van der Waals surface area (Å²) < 4.78 is 25.0. The molecule has 3 aromatic heterocycles. The third kappa shape index (κ3) is 18.7. The molecule has 0 aliphatic carbocycles. The first-order valence-corrected chi connectivity index (χ1v) is 28.4. The molecule has 4 heterocycles. The summed E-state index contributed by atoms with van der Waals surface area (Å²) in [5, 5.41) is 31.3. The van der Waals surface area contributed by atoms with Crippen LogP contribution in [0.25, 0.3) is 22.0 Å². The second kappa shape index (κ2) is 31.0. The molecule has 1 fully saturated rings. The van der Waals surface area contributed by atoms with Crippen LogP contribution in [0.4, 0.5) is 5.69 Å². The highest BCUT2D eigenvalue weighted by Gasteiger charge is 2.44. The average Bonchev–Trinajstić information content (AvgIpc) is 4.20. The van der Waals surface area contributed by atoms with Gasteiger partial charge >= 0.3 is 0 Å². The minimum atomic E-state index is -0.883. The number of anilines is 1. The Morgan fingerprint density at radius 1 is 0.775 bits per heavy atom. The van der Waals surface area contributed by atoms with E-state index in [0.29, 0.717) is 89.3 Å². The molecule has 4 amide bonds. The highest BCUT2D eigenvalue weighted by molar-refractivity contribution is 7.13. The number of carbonyl (C=O) groups excluding carboxylic acids is 4. The number of β-amino-alcohol motifs (C(OH)–C–C–N with tert-alkyl or cyclic N) is 1. The van der Waals surface area contributed by atoms with Gasteiger partial charge in [-0.15, -0.1) is 21.5 Å². The number of amides is 4. The normalized spacial score (nSPS) is 14.7.